The van der Waals surface area contributed by atoms with Crippen molar-refractivity contribution < 1.29 is 19.1 Å². The third-order valence-electron chi connectivity index (χ3n) is 7.68. The number of nitrogens with one attached hydrogen (secondary N) is 1. The molecule has 44 heavy (non-hydrogen) atoms. The molecule has 1 N–H and O–H groups in total. The minimum Gasteiger partial charge on any atom is -0.454 e. The second-order valence-electron chi connectivity index (χ2n) is 10.7. The molecule has 6 rings (SSSR count). The second-order valence-corrected chi connectivity index (χ2v) is 10.7. The van der Waals surface area contributed by atoms with E-state index in [1.165, 1.54) is 5.01 Å². The van der Waals surface area contributed by atoms with Crippen LogP contribution in [0.1, 0.15) is 39.5 Å². The van der Waals surface area contributed by atoms with E-state index in [1.54, 1.807) is 24.3 Å². The number of amides is 2. The molecule has 7 nitrogen and oxygen atoms in total. The first-order valence-corrected chi connectivity index (χ1v) is 14.6. The average molecular weight is 582 g/mol. The van der Waals surface area contributed by atoms with Crippen molar-refractivity contribution in [2.45, 2.75) is 24.9 Å². The van der Waals surface area contributed by atoms with Gasteiger partial charge in [-0.15, -0.1) is 0 Å². The zero-order valence-corrected chi connectivity index (χ0v) is 24.0. The van der Waals surface area contributed by atoms with Crippen LogP contribution >= 0.6 is 0 Å². The molecule has 5 aromatic carbocycles. The minimum atomic E-state index is -0.988. The molecule has 0 aliphatic carbocycles. The predicted octanol–water partition coefficient (Wildman–Crippen LogP) is 6.10. The number of rotatable bonds is 9. The van der Waals surface area contributed by atoms with Crippen LogP contribution in [0.25, 0.3) is 10.8 Å². The van der Waals surface area contributed by atoms with Gasteiger partial charge in [0.2, 0.25) is 0 Å². The summed E-state index contributed by atoms with van der Waals surface area (Å²) in [6.07, 6.45) is 0.735. The van der Waals surface area contributed by atoms with Crippen molar-refractivity contribution in [1.82, 2.24) is 10.3 Å². The van der Waals surface area contributed by atoms with Gasteiger partial charge in [0.15, 0.2) is 6.61 Å². The van der Waals surface area contributed by atoms with Crippen molar-refractivity contribution >= 4 is 34.3 Å². The number of hydrogen-bond acceptors (Lipinski definition) is 5. The molecule has 0 spiro atoms. The zero-order chi connectivity index (χ0) is 30.3. The number of carbonyl (C=O) groups excluding carboxylic acids is 3. The lowest BCUT2D eigenvalue weighted by Crippen LogP contribution is -2.44. The van der Waals surface area contributed by atoms with Crippen LogP contribution in [-0.4, -0.2) is 41.2 Å². The SMILES string of the molecule is O=C(N[C@@H](Cc1ccccc1)C(=O)OCC(=O)N1N=C(c2ccc3ccccc3c2)C[C@H]1c1ccccc1)c1ccccc1. The van der Waals surface area contributed by atoms with Gasteiger partial charge < -0.3 is 10.1 Å². The molecule has 218 valence electrons. The summed E-state index contributed by atoms with van der Waals surface area (Å²) in [5, 5.41) is 11.2. The first-order chi connectivity index (χ1) is 21.5. The van der Waals surface area contributed by atoms with E-state index in [1.807, 2.05) is 97.1 Å². The van der Waals surface area contributed by atoms with Crippen molar-refractivity contribution in [3.63, 3.8) is 0 Å². The lowest BCUT2D eigenvalue weighted by Gasteiger charge is -2.23. The molecule has 0 saturated carbocycles. The van der Waals surface area contributed by atoms with Crippen LogP contribution in [-0.2, 0) is 20.7 Å². The Balaban J connectivity index is 1.20. The van der Waals surface area contributed by atoms with Gasteiger partial charge in [0.05, 0.1) is 11.8 Å². The number of carbonyl (C=O) groups is 3. The summed E-state index contributed by atoms with van der Waals surface area (Å²) in [6.45, 7) is -0.511. The molecule has 0 bridgehead atoms. The maximum absolute atomic E-state index is 13.6. The highest BCUT2D eigenvalue weighted by atomic mass is 16.5. The fourth-order valence-electron chi connectivity index (χ4n) is 5.39. The first kappa shape index (κ1) is 28.6. The van der Waals surface area contributed by atoms with Crippen LogP contribution in [0.3, 0.4) is 0 Å². The number of nitrogens with zero attached hydrogens (tertiary/aromatic N) is 2. The van der Waals surface area contributed by atoms with Crippen LogP contribution in [0.4, 0.5) is 0 Å². The van der Waals surface area contributed by atoms with Crippen molar-refractivity contribution in [3.8, 4) is 0 Å². The molecule has 1 aliphatic heterocycles. The van der Waals surface area contributed by atoms with Gasteiger partial charge in [-0.2, -0.15) is 5.10 Å². The van der Waals surface area contributed by atoms with Gasteiger partial charge in [-0.05, 0) is 45.7 Å². The minimum absolute atomic E-state index is 0.215. The quantitative estimate of drug-likeness (QED) is 0.213. The molecule has 0 saturated heterocycles. The summed E-state index contributed by atoms with van der Waals surface area (Å²) in [4.78, 5) is 39.9. The molecule has 1 aliphatic rings. The number of hydrogen-bond donors (Lipinski definition) is 1. The Labute approximate surface area is 255 Å². The Kier molecular flexibility index (Phi) is 8.55. The van der Waals surface area contributed by atoms with Gasteiger partial charge in [-0.3, -0.25) is 9.59 Å². The largest absolute Gasteiger partial charge is 0.454 e. The van der Waals surface area contributed by atoms with Crippen LogP contribution < -0.4 is 5.32 Å². The molecule has 0 aromatic heterocycles. The Hall–Kier alpha value is -5.56. The van der Waals surface area contributed by atoms with E-state index in [0.717, 1.165) is 33.2 Å². The van der Waals surface area contributed by atoms with E-state index in [4.69, 9.17) is 9.84 Å². The van der Waals surface area contributed by atoms with Crippen molar-refractivity contribution in [2.24, 2.45) is 5.10 Å². The third kappa shape index (κ3) is 6.57. The van der Waals surface area contributed by atoms with E-state index < -0.39 is 30.4 Å². The van der Waals surface area contributed by atoms with E-state index in [-0.39, 0.29) is 12.5 Å². The second kappa shape index (κ2) is 13.2. The molecule has 5 aromatic rings. The lowest BCUT2D eigenvalue weighted by atomic mass is 9.97. The smallest absolute Gasteiger partial charge is 0.329 e. The normalized spacial score (nSPS) is 15.0. The predicted molar refractivity (Wildman–Crippen MR) is 170 cm³/mol. The maximum atomic E-state index is 13.6. The highest BCUT2D eigenvalue weighted by molar-refractivity contribution is 6.05. The summed E-state index contributed by atoms with van der Waals surface area (Å²) < 4.78 is 5.56. The highest BCUT2D eigenvalue weighted by Gasteiger charge is 2.34. The van der Waals surface area contributed by atoms with E-state index in [9.17, 15) is 14.4 Å². The number of hydrazone groups is 1. The number of esters is 1. The molecule has 1 heterocycles. The highest BCUT2D eigenvalue weighted by Crippen LogP contribution is 2.33. The zero-order valence-electron chi connectivity index (χ0n) is 24.0. The Morgan fingerprint density at radius 2 is 1.41 bits per heavy atom. The standard InChI is InChI=1S/C37H31N3O4/c41-35(25-44-37(43)33(22-26-12-4-1-5-13-26)38-36(42)29-17-8-3-9-18-29)40-34(28-15-6-2-7-16-28)24-32(39-40)31-21-20-27-14-10-11-19-30(27)23-31/h1-21,23,33-34H,22,24-25H2,(H,38,42)/t33-,34-/m0/s1. The van der Waals surface area contributed by atoms with Gasteiger partial charge in [-0.1, -0.05) is 115 Å². The third-order valence-corrected chi connectivity index (χ3v) is 7.68. The molecule has 2 atom stereocenters. The maximum Gasteiger partial charge on any atom is 0.329 e. The van der Waals surface area contributed by atoms with Crippen LogP contribution in [0.15, 0.2) is 139 Å². The van der Waals surface area contributed by atoms with Crippen LogP contribution in [0.5, 0.6) is 0 Å². The van der Waals surface area contributed by atoms with Gasteiger partial charge in [0, 0.05) is 18.4 Å². The molecule has 0 radical (unpaired) electrons. The molecular weight excluding hydrogens is 550 g/mol. The summed E-state index contributed by atoms with van der Waals surface area (Å²) >= 11 is 0. The molecule has 0 unspecified atom stereocenters. The fourth-order valence-corrected chi connectivity index (χ4v) is 5.39. The Morgan fingerprint density at radius 1 is 0.773 bits per heavy atom. The fraction of sp³-hybridized carbons (Fsp3) is 0.135. The monoisotopic (exact) mass is 581 g/mol. The summed E-state index contributed by atoms with van der Waals surface area (Å²) in [7, 11) is 0. The van der Waals surface area contributed by atoms with Crippen LogP contribution in [0, 0.1) is 0 Å². The van der Waals surface area contributed by atoms with E-state index in [0.29, 0.717) is 12.0 Å². The number of ether oxygens (including phenoxy) is 1. The lowest BCUT2D eigenvalue weighted by molar-refractivity contribution is -0.154. The average Bonchev–Trinajstić information content (AvgIpc) is 3.54. The number of benzene rings is 5. The topological polar surface area (TPSA) is 88.1 Å². The van der Waals surface area contributed by atoms with E-state index in [2.05, 4.69) is 17.4 Å². The van der Waals surface area contributed by atoms with E-state index >= 15 is 0 Å². The molecule has 7 heteroatoms. The van der Waals surface area contributed by atoms with Crippen molar-refractivity contribution in [3.05, 3.63) is 156 Å². The summed E-state index contributed by atoms with van der Waals surface area (Å²) in [5.74, 6) is -1.54. The van der Waals surface area contributed by atoms with Gasteiger partial charge in [0.1, 0.15) is 6.04 Å². The first-order valence-electron chi connectivity index (χ1n) is 14.6. The Bertz CT molecular complexity index is 1810. The van der Waals surface area contributed by atoms with Gasteiger partial charge in [0.25, 0.3) is 11.8 Å². The van der Waals surface area contributed by atoms with Crippen molar-refractivity contribution in [1.29, 1.82) is 0 Å². The number of fused-ring (bicyclic) bond motifs is 1. The van der Waals surface area contributed by atoms with Gasteiger partial charge in [-0.25, -0.2) is 9.80 Å². The summed E-state index contributed by atoms with van der Waals surface area (Å²) in [6, 6.07) is 40.6. The molecule has 0 fully saturated rings. The summed E-state index contributed by atoms with van der Waals surface area (Å²) in [5.41, 5.74) is 3.92. The van der Waals surface area contributed by atoms with Gasteiger partial charge >= 0.3 is 5.97 Å². The molecular formula is C37H31N3O4. The van der Waals surface area contributed by atoms with Crippen LogP contribution in [0.2, 0.25) is 0 Å². The molecule has 2 amide bonds. The van der Waals surface area contributed by atoms with Crippen molar-refractivity contribution in [2.75, 3.05) is 6.61 Å². The Morgan fingerprint density at radius 3 is 2.14 bits per heavy atom.